The molecule has 0 aromatic carbocycles. The topological polar surface area (TPSA) is 63.5 Å². The lowest BCUT2D eigenvalue weighted by Gasteiger charge is -2.25. The van der Waals surface area contributed by atoms with E-state index in [1.807, 2.05) is 32.9 Å². The molecule has 0 aliphatic heterocycles. The van der Waals surface area contributed by atoms with Gasteiger partial charge in [0.2, 0.25) is 0 Å². The maximum atomic E-state index is 11.7. The number of rotatable bonds is 7. The second-order valence-electron chi connectivity index (χ2n) is 7.03. The van der Waals surface area contributed by atoms with Crippen LogP contribution in [0.5, 0.6) is 0 Å². The maximum Gasteiger partial charge on any atom is 0.407 e. The van der Waals surface area contributed by atoms with Crippen molar-refractivity contribution < 1.29 is 13.9 Å². The molecule has 0 saturated heterocycles. The van der Waals surface area contributed by atoms with Gasteiger partial charge in [-0.2, -0.15) is 0 Å². The highest BCUT2D eigenvalue weighted by atomic mass is 16.6. The van der Waals surface area contributed by atoms with Crippen molar-refractivity contribution in [3.05, 3.63) is 24.2 Å². The van der Waals surface area contributed by atoms with Gasteiger partial charge in [0, 0.05) is 13.1 Å². The Kier molecular flexibility index (Phi) is 6.94. The quantitative estimate of drug-likeness (QED) is 0.805. The van der Waals surface area contributed by atoms with E-state index in [0.717, 1.165) is 12.3 Å². The van der Waals surface area contributed by atoms with E-state index in [9.17, 15) is 4.79 Å². The molecule has 1 heterocycles. The van der Waals surface area contributed by atoms with Crippen LogP contribution >= 0.6 is 0 Å². The average molecular weight is 310 g/mol. The van der Waals surface area contributed by atoms with E-state index in [2.05, 4.69) is 31.4 Å². The summed E-state index contributed by atoms with van der Waals surface area (Å²) in [5.41, 5.74) is -0.469. The summed E-state index contributed by atoms with van der Waals surface area (Å²) < 4.78 is 10.7. The Morgan fingerprint density at radius 1 is 1.27 bits per heavy atom. The van der Waals surface area contributed by atoms with Crippen LogP contribution in [-0.2, 0) is 4.74 Å². The SMILES string of the molecule is CC(NCC(CNC(=O)OC(C)(C)C)C(C)C)c1ccco1. The van der Waals surface area contributed by atoms with Crippen molar-refractivity contribution in [2.75, 3.05) is 13.1 Å². The lowest BCUT2D eigenvalue weighted by molar-refractivity contribution is 0.0514. The number of amides is 1. The van der Waals surface area contributed by atoms with E-state index in [1.165, 1.54) is 0 Å². The molecule has 0 saturated carbocycles. The van der Waals surface area contributed by atoms with Crippen LogP contribution in [0, 0.1) is 11.8 Å². The summed E-state index contributed by atoms with van der Waals surface area (Å²) in [7, 11) is 0. The summed E-state index contributed by atoms with van der Waals surface area (Å²) in [4.78, 5) is 11.7. The fraction of sp³-hybridized carbons (Fsp3) is 0.706. The fourth-order valence-corrected chi connectivity index (χ4v) is 2.04. The van der Waals surface area contributed by atoms with Gasteiger partial charge in [-0.1, -0.05) is 13.8 Å². The Bertz CT molecular complexity index is 435. The number of carbonyl (C=O) groups excluding carboxylic acids is 1. The fourth-order valence-electron chi connectivity index (χ4n) is 2.04. The molecule has 0 bridgehead atoms. The molecule has 0 spiro atoms. The van der Waals surface area contributed by atoms with Gasteiger partial charge in [0.15, 0.2) is 0 Å². The number of furan rings is 1. The highest BCUT2D eigenvalue weighted by Crippen LogP contribution is 2.15. The standard InChI is InChI=1S/C17H30N2O3/c1-12(2)14(11-19-16(20)22-17(4,5)6)10-18-13(3)15-8-7-9-21-15/h7-9,12-14,18H,10-11H2,1-6H3,(H,19,20). The Morgan fingerprint density at radius 3 is 2.45 bits per heavy atom. The largest absolute Gasteiger partial charge is 0.468 e. The van der Waals surface area contributed by atoms with Gasteiger partial charge >= 0.3 is 6.09 Å². The van der Waals surface area contributed by atoms with E-state index in [1.54, 1.807) is 6.26 Å². The Morgan fingerprint density at radius 2 is 1.95 bits per heavy atom. The minimum absolute atomic E-state index is 0.151. The molecule has 0 fully saturated rings. The Hall–Kier alpha value is -1.49. The van der Waals surface area contributed by atoms with Crippen LogP contribution in [0.3, 0.4) is 0 Å². The zero-order valence-electron chi connectivity index (χ0n) is 14.6. The van der Waals surface area contributed by atoms with Crippen molar-refractivity contribution in [2.45, 2.75) is 53.2 Å². The summed E-state index contributed by atoms with van der Waals surface area (Å²) in [6, 6.07) is 4.00. The Labute approximate surface area is 133 Å². The summed E-state index contributed by atoms with van der Waals surface area (Å²) in [5.74, 6) is 1.69. The molecule has 2 unspecified atom stereocenters. The summed E-state index contributed by atoms with van der Waals surface area (Å²) in [6.07, 6.45) is 1.31. The van der Waals surface area contributed by atoms with Gasteiger partial charge in [0.05, 0.1) is 12.3 Å². The molecule has 2 atom stereocenters. The van der Waals surface area contributed by atoms with E-state index in [0.29, 0.717) is 18.4 Å². The van der Waals surface area contributed by atoms with Gasteiger partial charge in [-0.25, -0.2) is 4.79 Å². The summed E-state index contributed by atoms with van der Waals surface area (Å²) in [6.45, 7) is 13.3. The highest BCUT2D eigenvalue weighted by molar-refractivity contribution is 5.67. The first-order valence-electron chi connectivity index (χ1n) is 7.92. The van der Waals surface area contributed by atoms with Crippen molar-refractivity contribution >= 4 is 6.09 Å². The second kappa shape index (κ2) is 8.22. The molecule has 5 heteroatoms. The minimum Gasteiger partial charge on any atom is -0.468 e. The number of hydrogen-bond donors (Lipinski definition) is 2. The molecular formula is C17H30N2O3. The predicted octanol–water partition coefficient (Wildman–Crippen LogP) is 3.73. The molecule has 1 aromatic heterocycles. The predicted molar refractivity (Wildman–Crippen MR) is 87.7 cm³/mol. The van der Waals surface area contributed by atoms with Crippen LogP contribution in [0.1, 0.15) is 53.3 Å². The average Bonchev–Trinajstić information content (AvgIpc) is 2.89. The summed E-state index contributed by atoms with van der Waals surface area (Å²) in [5, 5.41) is 6.31. The first kappa shape index (κ1) is 18.6. The maximum absolute atomic E-state index is 11.7. The van der Waals surface area contributed by atoms with Crippen LogP contribution < -0.4 is 10.6 Å². The van der Waals surface area contributed by atoms with Crippen LogP contribution in [-0.4, -0.2) is 24.8 Å². The molecule has 1 rings (SSSR count). The van der Waals surface area contributed by atoms with Crippen molar-refractivity contribution in [1.29, 1.82) is 0 Å². The highest BCUT2D eigenvalue weighted by Gasteiger charge is 2.20. The first-order chi connectivity index (χ1) is 10.2. The summed E-state index contributed by atoms with van der Waals surface area (Å²) >= 11 is 0. The number of alkyl carbamates (subject to hydrolysis) is 1. The third kappa shape index (κ3) is 6.98. The van der Waals surface area contributed by atoms with Crippen LogP contribution in [0.15, 0.2) is 22.8 Å². The number of carbonyl (C=O) groups is 1. The van der Waals surface area contributed by atoms with Crippen molar-refractivity contribution in [3.8, 4) is 0 Å². The van der Waals surface area contributed by atoms with Crippen molar-refractivity contribution in [3.63, 3.8) is 0 Å². The van der Waals surface area contributed by atoms with Crippen molar-refractivity contribution in [2.24, 2.45) is 11.8 Å². The van der Waals surface area contributed by atoms with Crippen LogP contribution in [0.25, 0.3) is 0 Å². The zero-order valence-corrected chi connectivity index (χ0v) is 14.6. The molecule has 0 aliphatic rings. The van der Waals surface area contributed by atoms with E-state index >= 15 is 0 Å². The van der Waals surface area contributed by atoms with Crippen LogP contribution in [0.4, 0.5) is 4.79 Å². The van der Waals surface area contributed by atoms with Crippen molar-refractivity contribution in [1.82, 2.24) is 10.6 Å². The lowest BCUT2D eigenvalue weighted by atomic mass is 9.95. The number of nitrogens with one attached hydrogen (secondary N) is 2. The van der Waals surface area contributed by atoms with Gasteiger partial charge < -0.3 is 19.8 Å². The normalized spacial score (nSPS) is 14.7. The zero-order chi connectivity index (χ0) is 16.8. The third-order valence-electron chi connectivity index (χ3n) is 3.51. The van der Waals surface area contributed by atoms with E-state index < -0.39 is 5.60 Å². The number of hydrogen-bond acceptors (Lipinski definition) is 4. The molecule has 1 aromatic rings. The van der Waals surface area contributed by atoms with Gasteiger partial charge in [0.1, 0.15) is 11.4 Å². The first-order valence-corrected chi connectivity index (χ1v) is 7.92. The molecule has 126 valence electrons. The molecule has 1 amide bonds. The van der Waals surface area contributed by atoms with Gasteiger partial charge in [-0.05, 0) is 51.7 Å². The molecule has 0 aliphatic carbocycles. The molecule has 0 radical (unpaired) electrons. The molecule has 2 N–H and O–H groups in total. The lowest BCUT2D eigenvalue weighted by Crippen LogP contribution is -2.40. The van der Waals surface area contributed by atoms with E-state index in [4.69, 9.17) is 9.15 Å². The van der Waals surface area contributed by atoms with E-state index in [-0.39, 0.29) is 12.1 Å². The third-order valence-corrected chi connectivity index (χ3v) is 3.51. The monoisotopic (exact) mass is 310 g/mol. The van der Waals surface area contributed by atoms with Gasteiger partial charge in [-0.3, -0.25) is 0 Å². The molecule has 5 nitrogen and oxygen atoms in total. The van der Waals surface area contributed by atoms with Gasteiger partial charge in [0.25, 0.3) is 0 Å². The van der Waals surface area contributed by atoms with Crippen LogP contribution in [0.2, 0.25) is 0 Å². The number of ether oxygens (including phenoxy) is 1. The second-order valence-corrected chi connectivity index (χ2v) is 7.03. The minimum atomic E-state index is -0.469. The smallest absolute Gasteiger partial charge is 0.407 e. The van der Waals surface area contributed by atoms with Gasteiger partial charge in [-0.15, -0.1) is 0 Å². The Balaban J connectivity index is 2.40. The molecular weight excluding hydrogens is 280 g/mol. The molecule has 22 heavy (non-hydrogen) atoms.